The first kappa shape index (κ1) is 21.3. The summed E-state index contributed by atoms with van der Waals surface area (Å²) < 4.78 is 6.63. The largest absolute Gasteiger partial charge is 0.497 e. The van der Waals surface area contributed by atoms with Crippen molar-refractivity contribution >= 4 is 32.5 Å². The lowest BCUT2D eigenvalue weighted by molar-refractivity contribution is -0.110. The van der Waals surface area contributed by atoms with Crippen molar-refractivity contribution in [1.82, 2.24) is 20.2 Å². The zero-order valence-corrected chi connectivity index (χ0v) is 19.2. The maximum Gasteiger partial charge on any atom is 0.142 e. The van der Waals surface area contributed by atoms with Crippen molar-refractivity contribution in [3.05, 3.63) is 65.3 Å². The number of nitrogens with zero attached hydrogens (tertiary/aromatic N) is 3. The molecular formula is C25H28N4O2S. The van der Waals surface area contributed by atoms with E-state index in [-0.39, 0.29) is 0 Å². The number of benzene rings is 2. The summed E-state index contributed by atoms with van der Waals surface area (Å²) in [6.07, 6.45) is 3.73. The minimum atomic E-state index is -1.08. The van der Waals surface area contributed by atoms with Crippen molar-refractivity contribution in [2.45, 2.75) is 38.1 Å². The number of para-hydroxylation sites is 1. The summed E-state index contributed by atoms with van der Waals surface area (Å²) in [4.78, 5) is 11.3. The third kappa shape index (κ3) is 4.09. The molecule has 0 amide bonds. The first-order valence-electron chi connectivity index (χ1n) is 11.0. The first-order chi connectivity index (χ1) is 15.5. The fourth-order valence-electron chi connectivity index (χ4n) is 4.58. The Bertz CT molecular complexity index is 1200. The first-order valence-corrected chi connectivity index (χ1v) is 11.8. The second-order valence-corrected chi connectivity index (χ2v) is 9.60. The Morgan fingerprint density at radius 1 is 1.16 bits per heavy atom. The molecule has 0 aliphatic carbocycles. The van der Waals surface area contributed by atoms with E-state index in [1.54, 1.807) is 24.6 Å². The van der Waals surface area contributed by atoms with Crippen LogP contribution in [0.25, 0.3) is 21.1 Å². The third-order valence-corrected chi connectivity index (χ3v) is 7.49. The van der Waals surface area contributed by atoms with Gasteiger partial charge in [-0.3, -0.25) is 9.88 Å². The van der Waals surface area contributed by atoms with E-state index in [2.05, 4.69) is 33.4 Å². The second kappa shape index (κ2) is 8.75. The Morgan fingerprint density at radius 3 is 2.75 bits per heavy atom. The number of fused-ring (bicyclic) bond motifs is 2. The van der Waals surface area contributed by atoms with Gasteiger partial charge in [-0.25, -0.2) is 4.98 Å². The number of aliphatic hydroxyl groups is 1. The van der Waals surface area contributed by atoms with Crippen LogP contribution in [0.3, 0.4) is 0 Å². The zero-order chi connectivity index (χ0) is 22.1. The van der Waals surface area contributed by atoms with Gasteiger partial charge in [-0.15, -0.1) is 11.3 Å². The van der Waals surface area contributed by atoms with Crippen molar-refractivity contribution in [1.29, 1.82) is 0 Å². The molecule has 3 heterocycles. The van der Waals surface area contributed by atoms with Crippen molar-refractivity contribution in [2.75, 3.05) is 20.2 Å². The lowest BCUT2D eigenvalue weighted by Gasteiger charge is -2.42. The summed E-state index contributed by atoms with van der Waals surface area (Å²) >= 11 is 1.75. The van der Waals surface area contributed by atoms with E-state index in [0.717, 1.165) is 65.2 Å². The van der Waals surface area contributed by atoms with E-state index in [1.807, 2.05) is 37.3 Å². The number of piperidine rings is 1. The van der Waals surface area contributed by atoms with Crippen LogP contribution in [0, 0.1) is 0 Å². The number of nitrogens with one attached hydrogen (secondary N) is 1. The highest BCUT2D eigenvalue weighted by molar-refractivity contribution is 7.18. The summed E-state index contributed by atoms with van der Waals surface area (Å²) in [5, 5.41) is 17.3. The number of aromatic nitrogens is 2. The third-order valence-electron chi connectivity index (χ3n) is 6.45. The smallest absolute Gasteiger partial charge is 0.142 e. The Balaban J connectivity index is 1.25. The Morgan fingerprint density at radius 2 is 1.97 bits per heavy atom. The number of hydrogen-bond acceptors (Lipinski definition) is 7. The van der Waals surface area contributed by atoms with Crippen LogP contribution in [-0.4, -0.2) is 46.2 Å². The molecule has 1 aliphatic heterocycles. The van der Waals surface area contributed by atoms with Crippen LogP contribution in [0.1, 0.15) is 30.3 Å². The standard InChI is InChI=1S/C25H28N4O2S/c1-25(30,20-9-12-26-21-8-7-18(31-2)15-19(20)21)29-13-10-17(11-14-29)27-16-24-28-22-5-3-4-6-23(22)32-24/h3-9,12,15,17,27,30H,10-11,13-14,16H2,1-2H3. The van der Waals surface area contributed by atoms with Crippen LogP contribution in [-0.2, 0) is 12.3 Å². The molecule has 1 atom stereocenters. The number of rotatable bonds is 6. The SMILES string of the molecule is COc1ccc2nccc(C(C)(O)N3CCC(NCc4nc5ccccc5s4)CC3)c2c1. The number of likely N-dealkylation sites (tertiary alicyclic amines) is 1. The van der Waals surface area contributed by atoms with Gasteiger partial charge in [-0.1, -0.05) is 12.1 Å². The summed E-state index contributed by atoms with van der Waals surface area (Å²) in [5.41, 5.74) is 1.71. The number of pyridine rings is 1. The number of ether oxygens (including phenoxy) is 1. The Labute approximate surface area is 191 Å². The molecule has 0 bridgehead atoms. The molecule has 5 rings (SSSR count). The minimum absolute atomic E-state index is 0.420. The molecular weight excluding hydrogens is 420 g/mol. The number of thiazole rings is 1. The minimum Gasteiger partial charge on any atom is -0.497 e. The number of hydrogen-bond donors (Lipinski definition) is 2. The lowest BCUT2D eigenvalue weighted by atomic mass is 9.95. The molecule has 7 heteroatoms. The van der Waals surface area contributed by atoms with Gasteiger partial charge in [0.15, 0.2) is 0 Å². The highest BCUT2D eigenvalue weighted by atomic mass is 32.1. The molecule has 1 unspecified atom stereocenters. The van der Waals surface area contributed by atoms with Crippen LogP contribution in [0.5, 0.6) is 5.75 Å². The van der Waals surface area contributed by atoms with Gasteiger partial charge in [-0.05, 0) is 56.2 Å². The normalized spacial score (nSPS) is 17.6. The molecule has 4 aromatic rings. The average molecular weight is 449 g/mol. The fraction of sp³-hybridized carbons (Fsp3) is 0.360. The maximum absolute atomic E-state index is 11.6. The summed E-state index contributed by atoms with van der Waals surface area (Å²) in [7, 11) is 1.65. The molecule has 6 nitrogen and oxygen atoms in total. The van der Waals surface area contributed by atoms with Gasteiger partial charge in [0.25, 0.3) is 0 Å². The maximum atomic E-state index is 11.6. The van der Waals surface area contributed by atoms with E-state index in [0.29, 0.717) is 6.04 Å². The quantitative estimate of drug-likeness (QED) is 0.459. The molecule has 1 fully saturated rings. The van der Waals surface area contributed by atoms with Gasteiger partial charge < -0.3 is 15.2 Å². The van der Waals surface area contributed by atoms with Gasteiger partial charge >= 0.3 is 0 Å². The predicted molar refractivity (Wildman–Crippen MR) is 129 cm³/mol. The summed E-state index contributed by atoms with van der Waals surface area (Å²) in [6, 6.07) is 16.4. The summed E-state index contributed by atoms with van der Waals surface area (Å²) in [5.74, 6) is 0.764. The van der Waals surface area contributed by atoms with E-state index < -0.39 is 5.72 Å². The molecule has 166 valence electrons. The molecule has 32 heavy (non-hydrogen) atoms. The molecule has 2 aromatic carbocycles. The van der Waals surface area contributed by atoms with E-state index in [4.69, 9.17) is 9.72 Å². The van der Waals surface area contributed by atoms with E-state index >= 15 is 0 Å². The molecule has 0 radical (unpaired) electrons. The van der Waals surface area contributed by atoms with Crippen LogP contribution in [0.2, 0.25) is 0 Å². The molecule has 1 saturated heterocycles. The molecule has 0 saturated carbocycles. The van der Waals surface area contributed by atoms with Gasteiger partial charge in [0.2, 0.25) is 0 Å². The van der Waals surface area contributed by atoms with Crippen molar-refractivity contribution in [3.63, 3.8) is 0 Å². The number of methoxy groups -OCH3 is 1. The van der Waals surface area contributed by atoms with Gasteiger partial charge in [0.05, 0.1) is 22.8 Å². The average Bonchev–Trinajstić information content (AvgIpc) is 3.25. The van der Waals surface area contributed by atoms with Crippen LogP contribution >= 0.6 is 11.3 Å². The van der Waals surface area contributed by atoms with Crippen molar-refractivity contribution < 1.29 is 9.84 Å². The van der Waals surface area contributed by atoms with Gasteiger partial charge in [0.1, 0.15) is 16.5 Å². The molecule has 1 aliphatic rings. The fourth-order valence-corrected chi connectivity index (χ4v) is 5.50. The molecule has 0 spiro atoms. The van der Waals surface area contributed by atoms with Crippen molar-refractivity contribution in [3.8, 4) is 5.75 Å². The van der Waals surface area contributed by atoms with Gasteiger partial charge in [0, 0.05) is 42.8 Å². The highest BCUT2D eigenvalue weighted by Gasteiger charge is 2.35. The van der Waals surface area contributed by atoms with E-state index in [1.165, 1.54) is 4.70 Å². The van der Waals surface area contributed by atoms with Crippen LogP contribution in [0.4, 0.5) is 0 Å². The molecule has 2 aromatic heterocycles. The second-order valence-electron chi connectivity index (χ2n) is 8.48. The van der Waals surface area contributed by atoms with Gasteiger partial charge in [-0.2, -0.15) is 0 Å². The Kier molecular flexibility index (Phi) is 5.82. The monoisotopic (exact) mass is 448 g/mol. The zero-order valence-electron chi connectivity index (χ0n) is 18.4. The highest BCUT2D eigenvalue weighted by Crippen LogP contribution is 2.34. The molecule has 2 N–H and O–H groups in total. The lowest BCUT2D eigenvalue weighted by Crippen LogP contribution is -2.51. The topological polar surface area (TPSA) is 70.5 Å². The van der Waals surface area contributed by atoms with E-state index in [9.17, 15) is 5.11 Å². The summed E-state index contributed by atoms with van der Waals surface area (Å²) in [6.45, 7) is 4.31. The van der Waals surface area contributed by atoms with Crippen molar-refractivity contribution in [2.24, 2.45) is 0 Å². The van der Waals surface area contributed by atoms with Crippen LogP contribution in [0.15, 0.2) is 54.7 Å². The Hall–Kier alpha value is -2.58. The predicted octanol–water partition coefficient (Wildman–Crippen LogP) is 4.27. The van der Waals surface area contributed by atoms with Crippen LogP contribution < -0.4 is 10.1 Å².